The second-order valence-electron chi connectivity index (χ2n) is 6.03. The van der Waals surface area contributed by atoms with Crippen molar-refractivity contribution in [2.45, 2.75) is 38.9 Å². The number of carbonyl (C=O) groups is 1. The van der Waals surface area contributed by atoms with Crippen LogP contribution in [0.15, 0.2) is 12.1 Å². The molecule has 1 aromatic carbocycles. The first-order valence-corrected chi connectivity index (χ1v) is 6.62. The van der Waals surface area contributed by atoms with Crippen LogP contribution < -0.4 is 15.9 Å². The quantitative estimate of drug-likeness (QED) is 0.851. The zero-order valence-electron chi connectivity index (χ0n) is 12.8. The first-order chi connectivity index (χ1) is 9.59. The number of rotatable bonds is 3. The molecule has 114 valence electrons. The number of ether oxygens (including phenoxy) is 1. The molecule has 5 nitrogen and oxygen atoms in total. The zero-order chi connectivity index (χ0) is 16.0. The normalized spacial score (nSPS) is 19.6. The van der Waals surface area contributed by atoms with Crippen LogP contribution >= 0.6 is 0 Å². The first kappa shape index (κ1) is 15.8. The second-order valence-corrected chi connectivity index (χ2v) is 6.03. The second kappa shape index (κ2) is 5.00. The molecule has 0 saturated carbocycles. The average molecular weight is 295 g/mol. The summed E-state index contributed by atoms with van der Waals surface area (Å²) in [5.74, 6) is -1.58. The van der Waals surface area contributed by atoms with Gasteiger partial charge in [-0.2, -0.15) is 0 Å². The summed E-state index contributed by atoms with van der Waals surface area (Å²) in [5.41, 5.74) is 4.24. The fourth-order valence-corrected chi connectivity index (χ4v) is 2.12. The van der Waals surface area contributed by atoms with Crippen molar-refractivity contribution in [1.29, 1.82) is 0 Å². The van der Waals surface area contributed by atoms with Gasteiger partial charge in [0.1, 0.15) is 17.1 Å². The minimum atomic E-state index is -0.884. The third kappa shape index (κ3) is 2.63. The molecule has 1 aromatic rings. The number of hydrogen-bond donors (Lipinski definition) is 1. The molecule has 0 aromatic heterocycles. The van der Waals surface area contributed by atoms with Gasteiger partial charge in [-0.25, -0.2) is 4.39 Å². The molecule has 0 aliphatic carbocycles. The molecule has 1 amide bonds. The maximum absolute atomic E-state index is 14.1. The van der Waals surface area contributed by atoms with Crippen LogP contribution in [-0.2, 0) is 9.31 Å². The number of benzene rings is 1. The van der Waals surface area contributed by atoms with Gasteiger partial charge in [0.05, 0.1) is 18.3 Å². The van der Waals surface area contributed by atoms with E-state index < -0.39 is 30.0 Å². The highest BCUT2D eigenvalue weighted by molar-refractivity contribution is 6.62. The van der Waals surface area contributed by atoms with Gasteiger partial charge in [-0.05, 0) is 45.3 Å². The highest BCUT2D eigenvalue weighted by atomic mass is 19.1. The van der Waals surface area contributed by atoms with Gasteiger partial charge >= 0.3 is 7.12 Å². The Hall–Kier alpha value is -1.60. The number of carbonyl (C=O) groups excluding carboxylic acids is 1. The standard InChI is InChI=1S/C14H19BFNO4/c1-13(2)14(3,4)21-15(20-13)8-6-9(16)11(12(17)18)10(7-8)19-5/h6-7H,1-5H3,(H2,17,18). The van der Waals surface area contributed by atoms with Gasteiger partial charge in [0.25, 0.3) is 5.91 Å². The van der Waals surface area contributed by atoms with E-state index >= 15 is 0 Å². The van der Waals surface area contributed by atoms with Crippen molar-refractivity contribution in [3.8, 4) is 5.75 Å². The van der Waals surface area contributed by atoms with E-state index in [1.165, 1.54) is 19.2 Å². The SMILES string of the molecule is COc1cc(B2OC(C)(C)C(C)(C)O2)cc(F)c1C(N)=O. The minimum Gasteiger partial charge on any atom is -0.496 e. The third-order valence-corrected chi connectivity index (χ3v) is 4.07. The molecular formula is C14H19BFNO4. The highest BCUT2D eigenvalue weighted by Gasteiger charge is 2.52. The molecule has 1 saturated heterocycles. The van der Waals surface area contributed by atoms with Crippen LogP contribution in [0.3, 0.4) is 0 Å². The molecule has 1 aliphatic heterocycles. The van der Waals surface area contributed by atoms with Gasteiger partial charge in [0.2, 0.25) is 0 Å². The molecule has 2 N–H and O–H groups in total. The van der Waals surface area contributed by atoms with Crippen LogP contribution in [0.25, 0.3) is 0 Å². The highest BCUT2D eigenvalue weighted by Crippen LogP contribution is 2.36. The Morgan fingerprint density at radius 1 is 1.24 bits per heavy atom. The van der Waals surface area contributed by atoms with E-state index in [-0.39, 0.29) is 11.3 Å². The smallest absolute Gasteiger partial charge is 0.495 e. The number of amides is 1. The van der Waals surface area contributed by atoms with E-state index in [4.69, 9.17) is 19.8 Å². The summed E-state index contributed by atoms with van der Waals surface area (Å²) >= 11 is 0. The lowest BCUT2D eigenvalue weighted by Crippen LogP contribution is -2.41. The lowest BCUT2D eigenvalue weighted by molar-refractivity contribution is 0.00578. The molecule has 0 unspecified atom stereocenters. The van der Waals surface area contributed by atoms with E-state index in [9.17, 15) is 9.18 Å². The lowest BCUT2D eigenvalue weighted by Gasteiger charge is -2.32. The van der Waals surface area contributed by atoms with Gasteiger partial charge in [-0.15, -0.1) is 0 Å². The van der Waals surface area contributed by atoms with Gasteiger partial charge in [-0.3, -0.25) is 4.79 Å². The van der Waals surface area contributed by atoms with Crippen LogP contribution in [0, 0.1) is 5.82 Å². The molecule has 0 bridgehead atoms. The fourth-order valence-electron chi connectivity index (χ4n) is 2.12. The number of primary amides is 1. The predicted molar refractivity (Wildman–Crippen MR) is 77.2 cm³/mol. The van der Waals surface area contributed by atoms with Gasteiger partial charge in [-0.1, -0.05) is 0 Å². The van der Waals surface area contributed by atoms with Crippen molar-refractivity contribution in [3.63, 3.8) is 0 Å². The summed E-state index contributed by atoms with van der Waals surface area (Å²) in [6.07, 6.45) is 0. The Balaban J connectivity index is 2.44. The van der Waals surface area contributed by atoms with E-state index in [1.54, 1.807) is 0 Å². The van der Waals surface area contributed by atoms with Crippen LogP contribution in [0.1, 0.15) is 38.1 Å². The van der Waals surface area contributed by atoms with Crippen molar-refractivity contribution in [1.82, 2.24) is 0 Å². The van der Waals surface area contributed by atoms with Crippen molar-refractivity contribution in [3.05, 3.63) is 23.5 Å². The van der Waals surface area contributed by atoms with Crippen molar-refractivity contribution < 1.29 is 23.2 Å². The fraction of sp³-hybridized carbons (Fsp3) is 0.500. The van der Waals surface area contributed by atoms with Crippen LogP contribution in [-0.4, -0.2) is 31.3 Å². The average Bonchev–Trinajstić information content (AvgIpc) is 2.56. The van der Waals surface area contributed by atoms with Crippen LogP contribution in [0.5, 0.6) is 5.75 Å². The van der Waals surface area contributed by atoms with Crippen LogP contribution in [0.2, 0.25) is 0 Å². The monoisotopic (exact) mass is 295 g/mol. The maximum Gasteiger partial charge on any atom is 0.495 e. The lowest BCUT2D eigenvalue weighted by atomic mass is 9.78. The molecule has 2 rings (SSSR count). The summed E-state index contributed by atoms with van der Waals surface area (Å²) < 4.78 is 30.8. The van der Waals surface area contributed by atoms with Crippen molar-refractivity contribution in [2.24, 2.45) is 5.73 Å². The Morgan fingerprint density at radius 3 is 2.19 bits per heavy atom. The van der Waals surface area contributed by atoms with Crippen molar-refractivity contribution >= 4 is 18.5 Å². The molecule has 21 heavy (non-hydrogen) atoms. The minimum absolute atomic E-state index is 0.0622. The van der Waals surface area contributed by atoms with E-state index in [1.807, 2.05) is 27.7 Å². The maximum atomic E-state index is 14.1. The third-order valence-electron chi connectivity index (χ3n) is 4.07. The number of halogens is 1. The molecule has 0 radical (unpaired) electrons. The summed E-state index contributed by atoms with van der Waals surface area (Å²) in [5, 5.41) is 0. The van der Waals surface area contributed by atoms with Crippen LogP contribution in [0.4, 0.5) is 4.39 Å². The topological polar surface area (TPSA) is 70.8 Å². The first-order valence-electron chi connectivity index (χ1n) is 6.62. The van der Waals surface area contributed by atoms with Gasteiger partial charge in [0.15, 0.2) is 0 Å². The molecule has 1 aliphatic rings. The van der Waals surface area contributed by atoms with Gasteiger partial charge < -0.3 is 19.8 Å². The largest absolute Gasteiger partial charge is 0.496 e. The summed E-state index contributed by atoms with van der Waals surface area (Å²) in [6.45, 7) is 7.60. The summed E-state index contributed by atoms with van der Waals surface area (Å²) in [7, 11) is 0.607. The molecule has 0 spiro atoms. The van der Waals surface area contributed by atoms with E-state index in [0.29, 0.717) is 5.46 Å². The number of methoxy groups -OCH3 is 1. The molecule has 7 heteroatoms. The van der Waals surface area contributed by atoms with Gasteiger partial charge in [0, 0.05) is 0 Å². The summed E-state index contributed by atoms with van der Waals surface area (Å²) in [6, 6.07) is 2.69. The Labute approximate surface area is 123 Å². The number of hydrogen-bond acceptors (Lipinski definition) is 4. The summed E-state index contributed by atoms with van der Waals surface area (Å²) in [4.78, 5) is 11.3. The Bertz CT molecular complexity index is 573. The number of nitrogens with two attached hydrogens (primary N) is 1. The molecule has 1 heterocycles. The molecule has 0 atom stereocenters. The Morgan fingerprint density at radius 2 is 1.76 bits per heavy atom. The van der Waals surface area contributed by atoms with Crippen molar-refractivity contribution in [2.75, 3.05) is 7.11 Å². The molecule has 1 fully saturated rings. The predicted octanol–water partition coefficient (Wildman–Crippen LogP) is 1.23. The Kier molecular flexibility index (Phi) is 3.76. The van der Waals surface area contributed by atoms with E-state index in [2.05, 4.69) is 0 Å². The zero-order valence-corrected chi connectivity index (χ0v) is 12.8. The van der Waals surface area contributed by atoms with E-state index in [0.717, 1.165) is 0 Å². The molecular weight excluding hydrogens is 276 g/mol.